The number of carbonyl (C=O) groups is 1. The van der Waals surface area contributed by atoms with Crippen molar-refractivity contribution in [2.75, 3.05) is 5.32 Å². The highest BCUT2D eigenvalue weighted by atomic mass is 16.2. The summed E-state index contributed by atoms with van der Waals surface area (Å²) in [6.45, 7) is 4.20. The fraction of sp³-hybridized carbons (Fsp3) is 0.250. The van der Waals surface area contributed by atoms with E-state index in [4.69, 9.17) is 0 Å². The lowest BCUT2D eigenvalue weighted by Gasteiger charge is -2.09. The van der Waals surface area contributed by atoms with Crippen LogP contribution in [0.1, 0.15) is 35.7 Å². The second kappa shape index (κ2) is 5.74. The van der Waals surface area contributed by atoms with Crippen LogP contribution in [0.5, 0.6) is 0 Å². The Morgan fingerprint density at radius 3 is 2.60 bits per heavy atom. The number of nitrogens with one attached hydrogen (secondary N) is 1. The van der Waals surface area contributed by atoms with Crippen LogP contribution >= 0.6 is 0 Å². The first-order valence-corrected chi connectivity index (χ1v) is 6.55. The molecule has 20 heavy (non-hydrogen) atoms. The van der Waals surface area contributed by atoms with E-state index in [0.29, 0.717) is 11.5 Å². The van der Waals surface area contributed by atoms with E-state index in [1.54, 1.807) is 19.3 Å². The number of nitrogens with zero attached hydrogens (tertiary/aromatic N) is 1. The molecule has 104 valence electrons. The van der Waals surface area contributed by atoms with Crippen molar-refractivity contribution in [3.8, 4) is 0 Å². The molecule has 0 unspecified atom stereocenters. The summed E-state index contributed by atoms with van der Waals surface area (Å²) in [5, 5.41) is 2.81. The van der Waals surface area contributed by atoms with Crippen molar-refractivity contribution in [1.82, 2.24) is 4.57 Å². The Morgan fingerprint density at radius 1 is 1.20 bits per heavy atom. The molecule has 0 saturated heterocycles. The molecule has 2 rings (SSSR count). The molecular weight excluding hydrogens is 252 g/mol. The van der Waals surface area contributed by atoms with Gasteiger partial charge in [0.25, 0.3) is 11.5 Å². The van der Waals surface area contributed by atoms with Gasteiger partial charge < -0.3 is 9.88 Å². The third kappa shape index (κ3) is 3.15. The highest BCUT2D eigenvalue weighted by Crippen LogP contribution is 2.18. The van der Waals surface area contributed by atoms with Crippen LogP contribution in [0.2, 0.25) is 0 Å². The fourth-order valence-corrected chi connectivity index (χ4v) is 1.87. The zero-order chi connectivity index (χ0) is 14.7. The summed E-state index contributed by atoms with van der Waals surface area (Å²) in [5.74, 6) is 0.125. The highest BCUT2D eigenvalue weighted by molar-refractivity contribution is 6.04. The van der Waals surface area contributed by atoms with E-state index in [0.717, 1.165) is 11.3 Å². The number of pyridine rings is 1. The van der Waals surface area contributed by atoms with Gasteiger partial charge in [-0.05, 0) is 29.7 Å². The van der Waals surface area contributed by atoms with Gasteiger partial charge >= 0.3 is 0 Å². The predicted molar refractivity (Wildman–Crippen MR) is 80.2 cm³/mol. The smallest absolute Gasteiger partial charge is 0.255 e. The summed E-state index contributed by atoms with van der Waals surface area (Å²) in [4.78, 5) is 23.6. The number of hydrogen-bond donors (Lipinski definition) is 1. The maximum Gasteiger partial charge on any atom is 0.255 e. The molecule has 0 atom stereocenters. The Kier molecular flexibility index (Phi) is 4.03. The van der Waals surface area contributed by atoms with Crippen LogP contribution in [0, 0.1) is 0 Å². The normalized spacial score (nSPS) is 10.6. The molecule has 0 fully saturated rings. The first-order chi connectivity index (χ1) is 9.47. The van der Waals surface area contributed by atoms with Crippen LogP contribution in [-0.2, 0) is 7.05 Å². The van der Waals surface area contributed by atoms with Gasteiger partial charge in [-0.3, -0.25) is 9.59 Å². The molecule has 0 aliphatic carbocycles. The van der Waals surface area contributed by atoms with E-state index in [9.17, 15) is 9.59 Å². The van der Waals surface area contributed by atoms with Crippen LogP contribution in [0.3, 0.4) is 0 Å². The first kappa shape index (κ1) is 14.1. The SMILES string of the molecule is CC(C)c1cccc(NC(=O)c2ccn(C)c(=O)c2)c1. The molecule has 4 heteroatoms. The van der Waals surface area contributed by atoms with Gasteiger partial charge in [-0.1, -0.05) is 26.0 Å². The largest absolute Gasteiger partial charge is 0.322 e. The predicted octanol–water partition coefficient (Wildman–Crippen LogP) is 2.76. The monoisotopic (exact) mass is 270 g/mol. The second-order valence-electron chi connectivity index (χ2n) is 5.10. The van der Waals surface area contributed by atoms with Crippen molar-refractivity contribution in [2.24, 2.45) is 7.05 Å². The lowest BCUT2D eigenvalue weighted by molar-refractivity contribution is 0.102. The Bertz CT molecular complexity index is 687. The van der Waals surface area contributed by atoms with Crippen LogP contribution in [0.4, 0.5) is 5.69 Å². The number of carbonyl (C=O) groups excluding carboxylic acids is 1. The number of rotatable bonds is 3. The zero-order valence-electron chi connectivity index (χ0n) is 11.9. The molecule has 1 aromatic heterocycles. The van der Waals surface area contributed by atoms with E-state index >= 15 is 0 Å². The molecule has 1 heterocycles. The average Bonchev–Trinajstić information content (AvgIpc) is 2.42. The molecule has 0 spiro atoms. The highest BCUT2D eigenvalue weighted by Gasteiger charge is 2.08. The average molecular weight is 270 g/mol. The van der Waals surface area contributed by atoms with Crippen LogP contribution in [-0.4, -0.2) is 10.5 Å². The van der Waals surface area contributed by atoms with Gasteiger partial charge in [0.2, 0.25) is 0 Å². The molecule has 1 N–H and O–H groups in total. The zero-order valence-corrected chi connectivity index (χ0v) is 11.9. The van der Waals surface area contributed by atoms with Gasteiger partial charge in [0.15, 0.2) is 0 Å². The molecule has 0 aliphatic rings. The molecule has 0 bridgehead atoms. The molecular formula is C16H18N2O2. The number of aromatic nitrogens is 1. The molecule has 0 saturated carbocycles. The standard InChI is InChI=1S/C16H18N2O2/c1-11(2)12-5-4-6-14(9-12)17-16(20)13-7-8-18(3)15(19)10-13/h4-11H,1-3H3,(H,17,20). The number of aryl methyl sites for hydroxylation is 1. The van der Waals surface area contributed by atoms with E-state index < -0.39 is 0 Å². The Labute approximate surface area is 118 Å². The lowest BCUT2D eigenvalue weighted by Crippen LogP contribution is -2.20. The Balaban J connectivity index is 2.21. The van der Waals surface area contributed by atoms with Gasteiger partial charge in [-0.2, -0.15) is 0 Å². The summed E-state index contributed by atoms with van der Waals surface area (Å²) < 4.78 is 1.43. The van der Waals surface area contributed by atoms with Crippen molar-refractivity contribution in [3.05, 3.63) is 64.1 Å². The molecule has 0 aliphatic heterocycles. The minimum atomic E-state index is -0.274. The molecule has 0 radical (unpaired) electrons. The van der Waals surface area contributed by atoms with Crippen LogP contribution in [0.25, 0.3) is 0 Å². The summed E-state index contributed by atoms with van der Waals surface area (Å²) in [6.07, 6.45) is 1.59. The molecule has 4 nitrogen and oxygen atoms in total. The second-order valence-corrected chi connectivity index (χ2v) is 5.10. The third-order valence-electron chi connectivity index (χ3n) is 3.18. The van der Waals surface area contributed by atoms with Crippen molar-refractivity contribution in [3.63, 3.8) is 0 Å². The van der Waals surface area contributed by atoms with Gasteiger partial charge in [-0.15, -0.1) is 0 Å². The maximum absolute atomic E-state index is 12.1. The number of benzene rings is 1. The fourth-order valence-electron chi connectivity index (χ4n) is 1.87. The van der Waals surface area contributed by atoms with Crippen molar-refractivity contribution in [2.45, 2.75) is 19.8 Å². The minimum absolute atomic E-state index is 0.200. The summed E-state index contributed by atoms with van der Waals surface area (Å²) in [6, 6.07) is 10.7. The number of amides is 1. The van der Waals surface area contributed by atoms with Crippen LogP contribution < -0.4 is 10.9 Å². The van der Waals surface area contributed by atoms with Crippen LogP contribution in [0.15, 0.2) is 47.4 Å². The van der Waals surface area contributed by atoms with Gasteiger partial charge in [0.05, 0.1) is 0 Å². The lowest BCUT2D eigenvalue weighted by atomic mass is 10.0. The van der Waals surface area contributed by atoms with Gasteiger partial charge in [0, 0.05) is 30.6 Å². The number of hydrogen-bond acceptors (Lipinski definition) is 2. The van der Waals surface area contributed by atoms with Gasteiger partial charge in [0.1, 0.15) is 0 Å². The Morgan fingerprint density at radius 2 is 1.95 bits per heavy atom. The van der Waals surface area contributed by atoms with Gasteiger partial charge in [-0.25, -0.2) is 0 Å². The molecule has 2 aromatic rings. The van der Waals surface area contributed by atoms with Crippen molar-refractivity contribution >= 4 is 11.6 Å². The van der Waals surface area contributed by atoms with E-state index in [1.807, 2.05) is 24.3 Å². The topological polar surface area (TPSA) is 51.1 Å². The quantitative estimate of drug-likeness (QED) is 0.932. The van der Waals surface area contributed by atoms with E-state index in [2.05, 4.69) is 19.2 Å². The molecule has 1 amide bonds. The summed E-state index contributed by atoms with van der Waals surface area (Å²) in [5.41, 5.74) is 2.06. The Hall–Kier alpha value is -2.36. The molecule has 1 aromatic carbocycles. The third-order valence-corrected chi connectivity index (χ3v) is 3.18. The first-order valence-electron chi connectivity index (χ1n) is 6.55. The minimum Gasteiger partial charge on any atom is -0.322 e. The van der Waals surface area contributed by atoms with E-state index in [-0.39, 0.29) is 11.5 Å². The van der Waals surface area contributed by atoms with E-state index in [1.165, 1.54) is 10.6 Å². The maximum atomic E-state index is 12.1. The van der Waals surface area contributed by atoms with Crippen molar-refractivity contribution in [1.29, 1.82) is 0 Å². The summed E-state index contributed by atoms with van der Waals surface area (Å²) in [7, 11) is 1.65. The van der Waals surface area contributed by atoms with Crippen molar-refractivity contribution < 1.29 is 4.79 Å². The number of anilines is 1. The summed E-state index contributed by atoms with van der Waals surface area (Å²) >= 11 is 0.